The van der Waals surface area contributed by atoms with Crippen molar-refractivity contribution >= 4 is 39.4 Å². The van der Waals surface area contributed by atoms with Gasteiger partial charge >= 0.3 is 5.97 Å². The highest BCUT2D eigenvalue weighted by Gasteiger charge is 2.19. The zero-order chi connectivity index (χ0) is 23.7. The molecule has 0 saturated carbocycles. The SMILES string of the molecule is Cc1cc(C(=O)COC(=O)C=Cc2nc3ccccc3s2)c(C)n1-c1ccc2c(c1)OCCO2. The molecule has 4 aromatic rings. The predicted molar refractivity (Wildman–Crippen MR) is 130 cm³/mol. The lowest BCUT2D eigenvalue weighted by Gasteiger charge is -2.20. The minimum atomic E-state index is -0.590. The number of ether oxygens (including phenoxy) is 3. The average molecular weight is 475 g/mol. The molecule has 34 heavy (non-hydrogen) atoms. The van der Waals surface area contributed by atoms with Crippen LogP contribution in [0.15, 0.2) is 54.6 Å². The molecule has 0 atom stereocenters. The number of aromatic nitrogens is 2. The van der Waals surface area contributed by atoms with Crippen LogP contribution in [0.2, 0.25) is 0 Å². The van der Waals surface area contributed by atoms with E-state index in [1.165, 1.54) is 17.4 Å². The number of Topliss-reactive ketones (excluding diaryl/α,β-unsaturated/α-hetero) is 1. The van der Waals surface area contributed by atoms with Gasteiger partial charge in [-0.3, -0.25) is 4.79 Å². The van der Waals surface area contributed by atoms with Gasteiger partial charge in [-0.15, -0.1) is 11.3 Å². The zero-order valence-corrected chi connectivity index (χ0v) is 19.6. The summed E-state index contributed by atoms with van der Waals surface area (Å²) in [6.45, 7) is 4.48. The van der Waals surface area contributed by atoms with E-state index in [1.54, 1.807) is 12.1 Å². The topological polar surface area (TPSA) is 79.7 Å². The summed E-state index contributed by atoms with van der Waals surface area (Å²) < 4.78 is 19.5. The van der Waals surface area contributed by atoms with Crippen LogP contribution >= 0.6 is 11.3 Å². The largest absolute Gasteiger partial charge is 0.486 e. The minimum Gasteiger partial charge on any atom is -0.486 e. The van der Waals surface area contributed by atoms with Crippen LogP contribution in [0.1, 0.15) is 26.8 Å². The van der Waals surface area contributed by atoms with E-state index in [9.17, 15) is 9.59 Å². The van der Waals surface area contributed by atoms with Gasteiger partial charge in [0.2, 0.25) is 5.78 Å². The van der Waals surface area contributed by atoms with Gasteiger partial charge in [-0.2, -0.15) is 0 Å². The lowest BCUT2D eigenvalue weighted by Crippen LogP contribution is -2.16. The highest BCUT2D eigenvalue weighted by molar-refractivity contribution is 7.19. The highest BCUT2D eigenvalue weighted by atomic mass is 32.1. The summed E-state index contributed by atoms with van der Waals surface area (Å²) in [6.07, 6.45) is 2.90. The number of benzene rings is 2. The van der Waals surface area contributed by atoms with Crippen molar-refractivity contribution in [2.45, 2.75) is 13.8 Å². The Balaban J connectivity index is 1.26. The fourth-order valence-corrected chi connectivity index (χ4v) is 4.85. The molecule has 3 heterocycles. The number of para-hydroxylation sites is 1. The molecule has 2 aromatic carbocycles. The third-order valence-corrected chi connectivity index (χ3v) is 6.54. The van der Waals surface area contributed by atoms with Crippen molar-refractivity contribution in [3.63, 3.8) is 0 Å². The Morgan fingerprint density at radius 3 is 2.71 bits per heavy atom. The maximum absolute atomic E-state index is 12.8. The van der Waals surface area contributed by atoms with Crippen molar-refractivity contribution in [3.8, 4) is 17.2 Å². The number of nitrogens with zero attached hydrogens (tertiary/aromatic N) is 2. The molecular weight excluding hydrogens is 452 g/mol. The Labute approximate surface area is 200 Å². The monoisotopic (exact) mass is 474 g/mol. The van der Waals surface area contributed by atoms with Crippen LogP contribution < -0.4 is 9.47 Å². The van der Waals surface area contributed by atoms with Crippen molar-refractivity contribution in [3.05, 3.63) is 76.6 Å². The molecule has 0 aliphatic carbocycles. The van der Waals surface area contributed by atoms with E-state index in [1.807, 2.05) is 60.9 Å². The smallest absolute Gasteiger partial charge is 0.331 e. The Morgan fingerprint density at radius 2 is 1.88 bits per heavy atom. The van der Waals surface area contributed by atoms with Crippen LogP contribution in [0.5, 0.6) is 11.5 Å². The van der Waals surface area contributed by atoms with E-state index >= 15 is 0 Å². The molecule has 1 aliphatic rings. The summed E-state index contributed by atoms with van der Waals surface area (Å²) in [5, 5.41) is 0.701. The molecule has 0 N–H and O–H groups in total. The Bertz CT molecular complexity index is 1400. The second-order valence-electron chi connectivity index (χ2n) is 7.83. The average Bonchev–Trinajstić information content (AvgIpc) is 3.40. The number of fused-ring (bicyclic) bond motifs is 2. The van der Waals surface area contributed by atoms with Crippen molar-refractivity contribution in [2.75, 3.05) is 19.8 Å². The number of aryl methyl sites for hydroxylation is 1. The predicted octanol–water partition coefficient (Wildman–Crippen LogP) is 4.91. The third kappa shape index (κ3) is 4.32. The van der Waals surface area contributed by atoms with Gasteiger partial charge in [-0.25, -0.2) is 9.78 Å². The molecule has 172 valence electrons. The number of esters is 1. The molecule has 5 rings (SSSR count). The van der Waals surface area contributed by atoms with Gasteiger partial charge in [-0.1, -0.05) is 12.1 Å². The summed E-state index contributed by atoms with van der Waals surface area (Å²) in [6, 6.07) is 15.2. The normalized spacial score (nSPS) is 12.9. The molecule has 7 nitrogen and oxygen atoms in total. The Morgan fingerprint density at radius 1 is 1.09 bits per heavy atom. The standard InChI is InChI=1S/C26H22N2O5S/c1-16-13-19(17(2)28(16)18-7-8-22-23(14-18)32-12-11-31-22)21(29)15-33-26(30)10-9-25-27-20-5-3-4-6-24(20)34-25/h3-10,13-14H,11-12,15H2,1-2H3. The van der Waals surface area contributed by atoms with Gasteiger partial charge < -0.3 is 18.8 Å². The zero-order valence-electron chi connectivity index (χ0n) is 18.7. The van der Waals surface area contributed by atoms with E-state index in [-0.39, 0.29) is 12.4 Å². The van der Waals surface area contributed by atoms with Gasteiger partial charge in [0.25, 0.3) is 0 Å². The van der Waals surface area contributed by atoms with Gasteiger partial charge in [0.15, 0.2) is 18.1 Å². The number of carbonyl (C=O) groups is 2. The number of carbonyl (C=O) groups excluding carboxylic acids is 2. The molecule has 0 spiro atoms. The fourth-order valence-electron chi connectivity index (χ4n) is 3.98. The van der Waals surface area contributed by atoms with Crippen LogP contribution in [-0.2, 0) is 9.53 Å². The lowest BCUT2D eigenvalue weighted by molar-refractivity contribution is -0.136. The maximum atomic E-state index is 12.8. The van der Waals surface area contributed by atoms with Crippen molar-refractivity contribution in [2.24, 2.45) is 0 Å². The third-order valence-electron chi connectivity index (χ3n) is 5.53. The van der Waals surface area contributed by atoms with Crippen LogP contribution in [0, 0.1) is 13.8 Å². The minimum absolute atomic E-state index is 0.265. The summed E-state index contributed by atoms with van der Waals surface area (Å²) >= 11 is 1.48. The van der Waals surface area contributed by atoms with E-state index in [4.69, 9.17) is 14.2 Å². The van der Waals surface area contributed by atoms with E-state index in [0.29, 0.717) is 35.3 Å². The van der Waals surface area contributed by atoms with Crippen LogP contribution in [0.25, 0.3) is 22.0 Å². The van der Waals surface area contributed by atoms with Gasteiger partial charge in [0.05, 0.1) is 10.2 Å². The number of rotatable bonds is 6. The van der Waals surface area contributed by atoms with Gasteiger partial charge in [-0.05, 0) is 50.3 Å². The second-order valence-corrected chi connectivity index (χ2v) is 8.89. The molecule has 0 unspecified atom stereocenters. The number of hydrogen-bond donors (Lipinski definition) is 0. The number of ketones is 1. The first-order valence-corrected chi connectivity index (χ1v) is 11.6. The summed E-state index contributed by atoms with van der Waals surface area (Å²) in [7, 11) is 0. The first-order chi connectivity index (χ1) is 16.5. The molecule has 2 aromatic heterocycles. The van der Waals surface area contributed by atoms with E-state index in [0.717, 1.165) is 27.3 Å². The molecule has 1 aliphatic heterocycles. The van der Waals surface area contributed by atoms with Crippen LogP contribution in [0.4, 0.5) is 0 Å². The Kier molecular flexibility index (Phi) is 5.90. The van der Waals surface area contributed by atoms with Crippen molar-refractivity contribution in [1.82, 2.24) is 9.55 Å². The van der Waals surface area contributed by atoms with E-state index in [2.05, 4.69) is 4.98 Å². The molecule has 0 saturated heterocycles. The van der Waals surface area contributed by atoms with Crippen molar-refractivity contribution in [1.29, 1.82) is 0 Å². The summed E-state index contributed by atoms with van der Waals surface area (Å²) in [5.74, 6) is 0.532. The first kappa shape index (κ1) is 21.9. The molecule has 0 radical (unpaired) electrons. The first-order valence-electron chi connectivity index (χ1n) is 10.8. The summed E-state index contributed by atoms with van der Waals surface area (Å²) in [5.41, 5.74) is 3.91. The molecule has 8 heteroatoms. The molecular formula is C26H22N2O5S. The lowest BCUT2D eigenvalue weighted by atomic mass is 10.1. The van der Waals surface area contributed by atoms with Gasteiger partial charge in [0.1, 0.15) is 18.2 Å². The molecule has 0 amide bonds. The Hall–Kier alpha value is -3.91. The van der Waals surface area contributed by atoms with Crippen molar-refractivity contribution < 1.29 is 23.8 Å². The van der Waals surface area contributed by atoms with Gasteiger partial charge in [0, 0.05) is 34.8 Å². The second kappa shape index (κ2) is 9.15. The van der Waals surface area contributed by atoms with Crippen LogP contribution in [0.3, 0.4) is 0 Å². The fraction of sp³-hybridized carbons (Fsp3) is 0.192. The molecule has 0 bridgehead atoms. The quantitative estimate of drug-likeness (QED) is 0.224. The van der Waals surface area contributed by atoms with E-state index < -0.39 is 5.97 Å². The van der Waals surface area contributed by atoms with Crippen LogP contribution in [-0.4, -0.2) is 41.1 Å². The number of thiazole rings is 1. The summed E-state index contributed by atoms with van der Waals surface area (Å²) in [4.78, 5) is 29.4. The maximum Gasteiger partial charge on any atom is 0.331 e. The number of hydrogen-bond acceptors (Lipinski definition) is 7. The highest BCUT2D eigenvalue weighted by Crippen LogP contribution is 2.33. The molecule has 0 fully saturated rings.